The summed E-state index contributed by atoms with van der Waals surface area (Å²) in [6.07, 6.45) is -0.0120. The van der Waals surface area contributed by atoms with E-state index in [0.717, 1.165) is 0 Å². The molecule has 1 aromatic rings. The number of carbonyl (C=O) groups is 1. The van der Waals surface area contributed by atoms with Crippen molar-refractivity contribution in [1.29, 1.82) is 0 Å². The molecule has 0 spiro atoms. The lowest BCUT2D eigenvalue weighted by atomic mass is 9.94. The molecule has 0 fully saturated rings. The fourth-order valence-electron chi connectivity index (χ4n) is 1.61. The number of nitro groups is 1. The van der Waals surface area contributed by atoms with Crippen LogP contribution in [-0.4, -0.2) is 17.3 Å². The first kappa shape index (κ1) is 12.3. The SMILES string of the molecule is CC(=O)C[C@@H](C[N+](=O)[O-])c1ccccc1F. The molecule has 5 heteroatoms. The molecule has 86 valence electrons. The summed E-state index contributed by atoms with van der Waals surface area (Å²) in [6, 6.07) is 5.83. The normalized spacial score (nSPS) is 12.1. The third kappa shape index (κ3) is 3.42. The van der Waals surface area contributed by atoms with Gasteiger partial charge in [0.1, 0.15) is 11.6 Å². The highest BCUT2D eigenvalue weighted by Crippen LogP contribution is 2.22. The van der Waals surface area contributed by atoms with Gasteiger partial charge < -0.3 is 4.79 Å². The smallest absolute Gasteiger partial charge is 0.211 e. The van der Waals surface area contributed by atoms with E-state index in [-0.39, 0.29) is 17.8 Å². The second kappa shape index (κ2) is 5.34. The topological polar surface area (TPSA) is 60.2 Å². The summed E-state index contributed by atoms with van der Waals surface area (Å²) >= 11 is 0. The summed E-state index contributed by atoms with van der Waals surface area (Å²) in [5, 5.41) is 10.4. The maximum Gasteiger partial charge on any atom is 0.211 e. The first-order chi connectivity index (χ1) is 7.50. The van der Waals surface area contributed by atoms with Crippen LogP contribution in [-0.2, 0) is 4.79 Å². The van der Waals surface area contributed by atoms with Crippen molar-refractivity contribution in [3.8, 4) is 0 Å². The number of rotatable bonds is 5. The minimum Gasteiger partial charge on any atom is -0.300 e. The van der Waals surface area contributed by atoms with Gasteiger partial charge in [-0.3, -0.25) is 10.1 Å². The van der Waals surface area contributed by atoms with Gasteiger partial charge >= 0.3 is 0 Å². The largest absolute Gasteiger partial charge is 0.300 e. The van der Waals surface area contributed by atoms with Crippen molar-refractivity contribution < 1.29 is 14.1 Å². The lowest BCUT2D eigenvalue weighted by molar-refractivity contribution is -0.483. The molecule has 0 saturated carbocycles. The van der Waals surface area contributed by atoms with Gasteiger partial charge in [-0.1, -0.05) is 18.2 Å². The predicted molar refractivity (Wildman–Crippen MR) is 56.3 cm³/mol. The van der Waals surface area contributed by atoms with Gasteiger partial charge in [-0.15, -0.1) is 0 Å². The van der Waals surface area contributed by atoms with E-state index in [2.05, 4.69) is 0 Å². The Hall–Kier alpha value is -1.78. The molecule has 0 saturated heterocycles. The molecule has 1 rings (SSSR count). The average molecular weight is 225 g/mol. The van der Waals surface area contributed by atoms with Gasteiger partial charge in [-0.05, 0) is 18.6 Å². The average Bonchev–Trinajstić information content (AvgIpc) is 2.15. The highest BCUT2D eigenvalue weighted by molar-refractivity contribution is 5.76. The molecule has 0 heterocycles. The van der Waals surface area contributed by atoms with Gasteiger partial charge in [0.05, 0.1) is 5.92 Å². The summed E-state index contributed by atoms with van der Waals surface area (Å²) in [5.41, 5.74) is 0.231. The van der Waals surface area contributed by atoms with Crippen LogP contribution in [0.25, 0.3) is 0 Å². The maximum absolute atomic E-state index is 13.4. The van der Waals surface area contributed by atoms with E-state index in [1.165, 1.54) is 25.1 Å². The number of carbonyl (C=O) groups excluding carboxylic acids is 1. The van der Waals surface area contributed by atoms with Crippen LogP contribution in [0.3, 0.4) is 0 Å². The van der Waals surface area contributed by atoms with Crippen LogP contribution in [0, 0.1) is 15.9 Å². The zero-order chi connectivity index (χ0) is 12.1. The third-order valence-corrected chi connectivity index (χ3v) is 2.25. The number of nitrogens with zero attached hydrogens (tertiary/aromatic N) is 1. The monoisotopic (exact) mass is 225 g/mol. The molecule has 0 unspecified atom stereocenters. The molecule has 0 amide bonds. The van der Waals surface area contributed by atoms with Crippen LogP contribution < -0.4 is 0 Å². The van der Waals surface area contributed by atoms with Crippen molar-refractivity contribution in [2.75, 3.05) is 6.54 Å². The Morgan fingerprint density at radius 2 is 2.12 bits per heavy atom. The number of benzene rings is 1. The Morgan fingerprint density at radius 3 is 2.62 bits per heavy atom. The minimum absolute atomic E-state index is 0.0120. The van der Waals surface area contributed by atoms with Crippen LogP contribution >= 0.6 is 0 Å². The van der Waals surface area contributed by atoms with Crippen molar-refractivity contribution in [2.45, 2.75) is 19.3 Å². The summed E-state index contributed by atoms with van der Waals surface area (Å²) < 4.78 is 13.4. The van der Waals surface area contributed by atoms with Crippen molar-refractivity contribution in [3.05, 3.63) is 45.8 Å². The standard InChI is InChI=1S/C11H12FNO3/c1-8(14)6-9(7-13(15)16)10-4-2-3-5-11(10)12/h2-5,9H,6-7H2,1H3/t9-/m0/s1. The summed E-state index contributed by atoms with van der Waals surface area (Å²) in [7, 11) is 0. The molecule has 1 atom stereocenters. The third-order valence-electron chi connectivity index (χ3n) is 2.25. The number of ketones is 1. The summed E-state index contributed by atoms with van der Waals surface area (Å²) in [6.45, 7) is 0.911. The van der Waals surface area contributed by atoms with E-state index in [9.17, 15) is 19.3 Å². The number of halogens is 1. The zero-order valence-corrected chi connectivity index (χ0v) is 8.85. The Labute approximate surface area is 92.2 Å². The van der Waals surface area contributed by atoms with E-state index in [0.29, 0.717) is 0 Å². The van der Waals surface area contributed by atoms with Gasteiger partial charge in [-0.2, -0.15) is 0 Å². The fourth-order valence-corrected chi connectivity index (χ4v) is 1.61. The van der Waals surface area contributed by atoms with Gasteiger partial charge in [0.15, 0.2) is 0 Å². The Kier molecular flexibility index (Phi) is 4.10. The quantitative estimate of drug-likeness (QED) is 0.570. The summed E-state index contributed by atoms with van der Waals surface area (Å²) in [5.74, 6) is -1.38. The van der Waals surface area contributed by atoms with Gasteiger partial charge in [0.25, 0.3) is 0 Å². The van der Waals surface area contributed by atoms with Crippen LogP contribution in [0.15, 0.2) is 24.3 Å². The Balaban J connectivity index is 2.96. The van der Waals surface area contributed by atoms with Crippen molar-refractivity contribution in [2.24, 2.45) is 0 Å². The van der Waals surface area contributed by atoms with Crippen molar-refractivity contribution in [1.82, 2.24) is 0 Å². The van der Waals surface area contributed by atoms with E-state index >= 15 is 0 Å². The molecule has 0 N–H and O–H groups in total. The number of Topliss-reactive ketones (excluding diaryl/α,β-unsaturated/α-hetero) is 1. The van der Waals surface area contributed by atoms with Crippen LogP contribution in [0.4, 0.5) is 4.39 Å². The molecule has 0 radical (unpaired) electrons. The Morgan fingerprint density at radius 1 is 1.50 bits per heavy atom. The highest BCUT2D eigenvalue weighted by atomic mass is 19.1. The molecule has 16 heavy (non-hydrogen) atoms. The molecular formula is C11H12FNO3. The van der Waals surface area contributed by atoms with E-state index < -0.39 is 23.2 Å². The molecule has 0 aliphatic carbocycles. The van der Waals surface area contributed by atoms with E-state index in [1.807, 2.05) is 0 Å². The van der Waals surface area contributed by atoms with Gasteiger partial charge in [0.2, 0.25) is 6.54 Å². The zero-order valence-electron chi connectivity index (χ0n) is 8.85. The second-order valence-corrected chi connectivity index (χ2v) is 3.64. The molecule has 0 bridgehead atoms. The van der Waals surface area contributed by atoms with Crippen LogP contribution in [0.5, 0.6) is 0 Å². The molecule has 1 aromatic carbocycles. The molecule has 0 aliphatic rings. The maximum atomic E-state index is 13.4. The molecule has 0 aromatic heterocycles. The van der Waals surface area contributed by atoms with Gasteiger partial charge in [0, 0.05) is 11.3 Å². The minimum atomic E-state index is -0.686. The molecular weight excluding hydrogens is 213 g/mol. The highest BCUT2D eigenvalue weighted by Gasteiger charge is 2.22. The van der Waals surface area contributed by atoms with Crippen molar-refractivity contribution >= 4 is 5.78 Å². The van der Waals surface area contributed by atoms with Crippen molar-refractivity contribution in [3.63, 3.8) is 0 Å². The first-order valence-corrected chi connectivity index (χ1v) is 4.86. The lowest BCUT2D eigenvalue weighted by Crippen LogP contribution is -2.16. The van der Waals surface area contributed by atoms with E-state index in [1.54, 1.807) is 6.07 Å². The molecule has 0 aliphatic heterocycles. The van der Waals surface area contributed by atoms with E-state index in [4.69, 9.17) is 0 Å². The van der Waals surface area contributed by atoms with Crippen LogP contribution in [0.1, 0.15) is 24.8 Å². The van der Waals surface area contributed by atoms with Gasteiger partial charge in [-0.25, -0.2) is 4.39 Å². The lowest BCUT2D eigenvalue weighted by Gasteiger charge is -2.12. The number of hydrogen-bond donors (Lipinski definition) is 0. The second-order valence-electron chi connectivity index (χ2n) is 3.64. The summed E-state index contributed by atoms with van der Waals surface area (Å²) in [4.78, 5) is 20.9. The molecule has 4 nitrogen and oxygen atoms in total. The fraction of sp³-hybridized carbons (Fsp3) is 0.364. The number of hydrogen-bond acceptors (Lipinski definition) is 3. The predicted octanol–water partition coefficient (Wildman–Crippen LogP) is 2.17. The van der Waals surface area contributed by atoms with Crippen LogP contribution in [0.2, 0.25) is 0 Å². The Bertz CT molecular complexity index is 390. The first-order valence-electron chi connectivity index (χ1n) is 4.86.